The summed E-state index contributed by atoms with van der Waals surface area (Å²) in [7, 11) is 1.64. The van der Waals surface area contributed by atoms with E-state index in [1.807, 2.05) is 24.3 Å². The fraction of sp³-hybridized carbons (Fsp3) is 0.412. The number of fused-ring (bicyclic) bond motifs is 1. The first-order valence-corrected chi connectivity index (χ1v) is 7.64. The van der Waals surface area contributed by atoms with E-state index in [0.29, 0.717) is 19.0 Å². The number of aromatic nitrogens is 2. The smallest absolute Gasteiger partial charge is 0.166 e. The van der Waals surface area contributed by atoms with Crippen LogP contribution in [0.3, 0.4) is 0 Å². The molecule has 0 fully saturated rings. The van der Waals surface area contributed by atoms with Gasteiger partial charge in [-0.1, -0.05) is 0 Å². The van der Waals surface area contributed by atoms with Gasteiger partial charge in [0.15, 0.2) is 5.82 Å². The Balaban J connectivity index is 0.00000192. The minimum atomic E-state index is 0. The minimum absolute atomic E-state index is 0. The average molecular weight is 336 g/mol. The number of halogens is 1. The lowest BCUT2D eigenvalue weighted by Gasteiger charge is -2.18. The Hall–Kier alpha value is -1.85. The number of nitrogens with two attached hydrogens (primary N) is 1. The Labute approximate surface area is 142 Å². The molecule has 0 atom stereocenters. The molecule has 0 saturated heterocycles. The van der Waals surface area contributed by atoms with Gasteiger partial charge in [-0.15, -0.1) is 12.4 Å². The molecule has 3 rings (SSSR count). The molecule has 0 unspecified atom stereocenters. The summed E-state index contributed by atoms with van der Waals surface area (Å²) in [6.07, 6.45) is 4.44. The largest absolute Gasteiger partial charge is 0.497 e. The minimum Gasteiger partial charge on any atom is -0.497 e. The lowest BCUT2D eigenvalue weighted by Crippen LogP contribution is -2.17. The molecule has 1 aliphatic rings. The van der Waals surface area contributed by atoms with E-state index < -0.39 is 0 Å². The molecule has 0 amide bonds. The zero-order chi connectivity index (χ0) is 15.4. The summed E-state index contributed by atoms with van der Waals surface area (Å²) in [6, 6.07) is 7.49. The van der Waals surface area contributed by atoms with Crippen molar-refractivity contribution < 1.29 is 9.47 Å². The molecule has 6 heteroatoms. The fourth-order valence-electron chi connectivity index (χ4n) is 2.78. The van der Waals surface area contributed by atoms with Crippen molar-refractivity contribution >= 4 is 12.4 Å². The second-order valence-corrected chi connectivity index (χ2v) is 5.39. The van der Waals surface area contributed by atoms with Crippen LogP contribution >= 0.6 is 12.4 Å². The van der Waals surface area contributed by atoms with Crippen molar-refractivity contribution in [2.45, 2.75) is 38.8 Å². The van der Waals surface area contributed by atoms with Gasteiger partial charge in [-0.3, -0.25) is 0 Å². The molecular formula is C17H22ClN3O2. The molecule has 23 heavy (non-hydrogen) atoms. The highest BCUT2D eigenvalue weighted by Gasteiger charge is 2.17. The monoisotopic (exact) mass is 335 g/mol. The number of ether oxygens (including phenoxy) is 2. The predicted octanol–water partition coefficient (Wildman–Crippen LogP) is 2.82. The van der Waals surface area contributed by atoms with Crippen LogP contribution in [0.1, 0.15) is 35.6 Å². The van der Waals surface area contributed by atoms with Crippen molar-refractivity contribution in [2.75, 3.05) is 7.11 Å². The topological polar surface area (TPSA) is 70.3 Å². The summed E-state index contributed by atoms with van der Waals surface area (Å²) < 4.78 is 10.9. The van der Waals surface area contributed by atoms with Gasteiger partial charge >= 0.3 is 0 Å². The summed E-state index contributed by atoms with van der Waals surface area (Å²) in [4.78, 5) is 9.22. The van der Waals surface area contributed by atoms with E-state index in [1.165, 1.54) is 18.4 Å². The molecule has 0 bridgehead atoms. The van der Waals surface area contributed by atoms with Gasteiger partial charge in [-0.2, -0.15) is 0 Å². The summed E-state index contributed by atoms with van der Waals surface area (Å²) in [5.41, 5.74) is 9.21. The number of hydrogen-bond acceptors (Lipinski definition) is 5. The third-order valence-corrected chi connectivity index (χ3v) is 3.94. The van der Waals surface area contributed by atoms with Crippen LogP contribution < -0.4 is 15.2 Å². The van der Waals surface area contributed by atoms with Gasteiger partial charge in [0.1, 0.15) is 18.1 Å². The highest BCUT2D eigenvalue weighted by molar-refractivity contribution is 5.85. The highest BCUT2D eigenvalue weighted by atomic mass is 35.5. The molecule has 0 spiro atoms. The predicted molar refractivity (Wildman–Crippen MR) is 91.1 cm³/mol. The number of aryl methyl sites for hydroxylation is 1. The van der Waals surface area contributed by atoms with E-state index in [4.69, 9.17) is 15.2 Å². The molecule has 0 radical (unpaired) electrons. The standard InChI is InChI=1S/C17H21N3O2.ClH/c1-21-12-6-8-13(9-7-12)22-11-17-19-15-5-3-2-4-14(15)16(10-18)20-17;/h6-9H,2-5,10-11,18H2,1H3;1H. The van der Waals surface area contributed by atoms with Crippen molar-refractivity contribution in [1.29, 1.82) is 0 Å². The molecule has 124 valence electrons. The Kier molecular flexibility index (Phi) is 6.19. The molecule has 1 heterocycles. The van der Waals surface area contributed by atoms with Gasteiger partial charge in [0.2, 0.25) is 0 Å². The van der Waals surface area contributed by atoms with Crippen LogP contribution in [0.5, 0.6) is 11.5 Å². The fourth-order valence-corrected chi connectivity index (χ4v) is 2.78. The van der Waals surface area contributed by atoms with Crippen molar-refractivity contribution in [3.05, 3.63) is 47.0 Å². The summed E-state index contributed by atoms with van der Waals surface area (Å²) in [5.74, 6) is 2.29. The maximum absolute atomic E-state index is 5.84. The molecular weight excluding hydrogens is 314 g/mol. The number of hydrogen-bond donors (Lipinski definition) is 1. The van der Waals surface area contributed by atoms with Crippen molar-refractivity contribution in [1.82, 2.24) is 9.97 Å². The number of benzene rings is 1. The molecule has 2 N–H and O–H groups in total. The van der Waals surface area contributed by atoms with Crippen LogP contribution in [0, 0.1) is 0 Å². The molecule has 1 aliphatic carbocycles. The summed E-state index contributed by atoms with van der Waals surface area (Å²) in [5, 5.41) is 0. The lowest BCUT2D eigenvalue weighted by atomic mass is 9.94. The maximum atomic E-state index is 5.84. The summed E-state index contributed by atoms with van der Waals surface area (Å²) in [6.45, 7) is 0.812. The highest BCUT2D eigenvalue weighted by Crippen LogP contribution is 2.23. The maximum Gasteiger partial charge on any atom is 0.166 e. The average Bonchev–Trinajstić information content (AvgIpc) is 2.59. The van der Waals surface area contributed by atoms with Crippen LogP contribution in [0.2, 0.25) is 0 Å². The summed E-state index contributed by atoms with van der Waals surface area (Å²) >= 11 is 0. The normalized spacial score (nSPS) is 13.0. The second-order valence-electron chi connectivity index (χ2n) is 5.39. The number of methoxy groups -OCH3 is 1. The van der Waals surface area contributed by atoms with Crippen LogP contribution in [0.25, 0.3) is 0 Å². The Morgan fingerprint density at radius 1 is 1.04 bits per heavy atom. The Morgan fingerprint density at radius 2 is 1.74 bits per heavy atom. The van der Waals surface area contributed by atoms with E-state index in [-0.39, 0.29) is 12.4 Å². The Morgan fingerprint density at radius 3 is 2.43 bits per heavy atom. The Bertz CT molecular complexity index is 630. The van der Waals surface area contributed by atoms with Crippen LogP contribution in [0.4, 0.5) is 0 Å². The first-order chi connectivity index (χ1) is 10.8. The quantitative estimate of drug-likeness (QED) is 0.909. The molecule has 0 aliphatic heterocycles. The van der Waals surface area contributed by atoms with Gasteiger partial charge in [0, 0.05) is 12.2 Å². The van der Waals surface area contributed by atoms with Crippen LogP contribution in [-0.4, -0.2) is 17.1 Å². The zero-order valence-electron chi connectivity index (χ0n) is 13.2. The van der Waals surface area contributed by atoms with Gasteiger partial charge in [0.05, 0.1) is 12.8 Å². The van der Waals surface area contributed by atoms with Gasteiger partial charge in [-0.25, -0.2) is 9.97 Å². The van der Waals surface area contributed by atoms with Crippen molar-refractivity contribution in [3.8, 4) is 11.5 Å². The molecule has 1 aromatic carbocycles. The van der Waals surface area contributed by atoms with Crippen LogP contribution in [-0.2, 0) is 26.0 Å². The van der Waals surface area contributed by atoms with Gasteiger partial charge in [0.25, 0.3) is 0 Å². The number of nitrogens with zero attached hydrogens (tertiary/aromatic N) is 2. The van der Waals surface area contributed by atoms with E-state index in [1.54, 1.807) is 7.11 Å². The number of rotatable bonds is 5. The van der Waals surface area contributed by atoms with E-state index in [2.05, 4.69) is 9.97 Å². The molecule has 0 saturated carbocycles. The first kappa shape index (κ1) is 17.5. The molecule has 2 aromatic rings. The van der Waals surface area contributed by atoms with Gasteiger partial charge in [-0.05, 0) is 55.5 Å². The van der Waals surface area contributed by atoms with Gasteiger partial charge < -0.3 is 15.2 Å². The first-order valence-electron chi connectivity index (χ1n) is 7.64. The van der Waals surface area contributed by atoms with E-state index in [9.17, 15) is 0 Å². The van der Waals surface area contributed by atoms with Crippen molar-refractivity contribution in [3.63, 3.8) is 0 Å². The zero-order valence-corrected chi connectivity index (χ0v) is 14.1. The third kappa shape index (κ3) is 4.12. The van der Waals surface area contributed by atoms with Crippen LogP contribution in [0.15, 0.2) is 24.3 Å². The van der Waals surface area contributed by atoms with E-state index in [0.717, 1.165) is 35.7 Å². The third-order valence-electron chi connectivity index (χ3n) is 3.94. The second kappa shape index (κ2) is 8.13. The molecule has 5 nitrogen and oxygen atoms in total. The van der Waals surface area contributed by atoms with E-state index >= 15 is 0 Å². The van der Waals surface area contributed by atoms with Crippen molar-refractivity contribution in [2.24, 2.45) is 5.73 Å². The SMILES string of the molecule is COc1ccc(OCc2nc(CN)c3c(n2)CCCC3)cc1.Cl. The lowest BCUT2D eigenvalue weighted by molar-refractivity contribution is 0.293. The molecule has 1 aromatic heterocycles.